The van der Waals surface area contributed by atoms with Crippen LogP contribution in [0.15, 0.2) is 24.3 Å². The fourth-order valence-electron chi connectivity index (χ4n) is 3.15. The van der Waals surface area contributed by atoms with Gasteiger partial charge in [0.15, 0.2) is 0 Å². The van der Waals surface area contributed by atoms with Gasteiger partial charge >= 0.3 is 0 Å². The molecule has 0 amide bonds. The van der Waals surface area contributed by atoms with Gasteiger partial charge in [-0.25, -0.2) is 4.98 Å². The Hall–Kier alpha value is -1.00. The van der Waals surface area contributed by atoms with E-state index in [0.29, 0.717) is 4.75 Å². The molecule has 1 aromatic heterocycles. The summed E-state index contributed by atoms with van der Waals surface area (Å²) < 4.78 is 2.79. The molecule has 0 radical (unpaired) electrons. The zero-order chi connectivity index (χ0) is 14.7. The Morgan fingerprint density at radius 2 is 2.24 bits per heavy atom. The van der Waals surface area contributed by atoms with Crippen molar-refractivity contribution >= 4 is 22.8 Å². The van der Waals surface area contributed by atoms with Crippen LogP contribution >= 0.6 is 11.8 Å². The molecule has 0 spiro atoms. The number of hydrogen-bond acceptors (Lipinski definition) is 3. The van der Waals surface area contributed by atoms with E-state index in [4.69, 9.17) is 4.98 Å². The predicted octanol–water partition coefficient (Wildman–Crippen LogP) is 3.82. The summed E-state index contributed by atoms with van der Waals surface area (Å²) in [5.74, 6) is 2.48. The van der Waals surface area contributed by atoms with Crippen molar-refractivity contribution in [2.75, 3.05) is 12.3 Å². The minimum Gasteiger partial charge on any atom is -0.327 e. The molecule has 3 nitrogen and oxygen atoms in total. The molecule has 1 aliphatic heterocycles. The SMILES string of the molecule is CCCn1c(CNCC2(C)CCCS2)nc2ccccc21. The van der Waals surface area contributed by atoms with Crippen molar-refractivity contribution in [1.29, 1.82) is 0 Å². The van der Waals surface area contributed by atoms with Crippen molar-refractivity contribution in [3.05, 3.63) is 30.1 Å². The topological polar surface area (TPSA) is 29.9 Å². The predicted molar refractivity (Wildman–Crippen MR) is 91.8 cm³/mol. The molecule has 1 saturated heterocycles. The Kier molecular flexibility index (Phi) is 4.55. The molecule has 2 heterocycles. The van der Waals surface area contributed by atoms with Gasteiger partial charge < -0.3 is 9.88 Å². The summed E-state index contributed by atoms with van der Waals surface area (Å²) >= 11 is 2.11. The average molecular weight is 303 g/mol. The highest BCUT2D eigenvalue weighted by Crippen LogP contribution is 2.37. The summed E-state index contributed by atoms with van der Waals surface area (Å²) in [4.78, 5) is 4.81. The third kappa shape index (κ3) is 3.27. The van der Waals surface area contributed by atoms with Crippen LogP contribution in [-0.2, 0) is 13.1 Å². The first-order valence-corrected chi connectivity index (χ1v) is 8.99. The van der Waals surface area contributed by atoms with E-state index >= 15 is 0 Å². The highest BCUT2D eigenvalue weighted by Gasteiger charge is 2.28. The third-order valence-corrected chi connectivity index (χ3v) is 5.80. The molecule has 0 saturated carbocycles. The van der Waals surface area contributed by atoms with Crippen molar-refractivity contribution in [3.8, 4) is 0 Å². The molecule has 4 heteroatoms. The molecule has 1 fully saturated rings. The first-order chi connectivity index (χ1) is 10.2. The normalized spacial score (nSPS) is 22.2. The molecule has 3 rings (SSSR count). The molecule has 1 unspecified atom stereocenters. The molecular weight excluding hydrogens is 278 g/mol. The Bertz CT molecular complexity index is 599. The fourth-order valence-corrected chi connectivity index (χ4v) is 4.42. The average Bonchev–Trinajstić information content (AvgIpc) is 3.05. The number of rotatable bonds is 6. The van der Waals surface area contributed by atoms with Gasteiger partial charge in [-0.15, -0.1) is 0 Å². The molecule has 0 bridgehead atoms. The van der Waals surface area contributed by atoms with E-state index < -0.39 is 0 Å². The van der Waals surface area contributed by atoms with Gasteiger partial charge in [0.1, 0.15) is 5.82 Å². The van der Waals surface area contributed by atoms with Gasteiger partial charge in [-0.2, -0.15) is 11.8 Å². The molecule has 1 aliphatic rings. The minimum absolute atomic E-state index is 0.418. The van der Waals surface area contributed by atoms with Gasteiger partial charge in [-0.3, -0.25) is 0 Å². The second-order valence-electron chi connectivity index (χ2n) is 6.17. The van der Waals surface area contributed by atoms with Gasteiger partial charge in [-0.1, -0.05) is 19.1 Å². The van der Waals surface area contributed by atoms with Crippen LogP contribution in [0.3, 0.4) is 0 Å². The van der Waals surface area contributed by atoms with Crippen molar-refractivity contribution in [2.24, 2.45) is 0 Å². The lowest BCUT2D eigenvalue weighted by Gasteiger charge is -2.23. The second kappa shape index (κ2) is 6.41. The van der Waals surface area contributed by atoms with Crippen molar-refractivity contribution < 1.29 is 0 Å². The van der Waals surface area contributed by atoms with Crippen LogP contribution in [0.1, 0.15) is 38.9 Å². The highest BCUT2D eigenvalue weighted by atomic mass is 32.2. The Morgan fingerprint density at radius 1 is 1.38 bits per heavy atom. The zero-order valence-corrected chi connectivity index (χ0v) is 13.9. The van der Waals surface area contributed by atoms with Crippen LogP contribution in [-0.4, -0.2) is 26.6 Å². The monoisotopic (exact) mass is 303 g/mol. The van der Waals surface area contributed by atoms with Gasteiger partial charge in [-0.05, 0) is 44.1 Å². The molecule has 0 aliphatic carbocycles. The quantitative estimate of drug-likeness (QED) is 0.880. The van der Waals surface area contributed by atoms with Crippen LogP contribution in [0.5, 0.6) is 0 Å². The molecule has 1 atom stereocenters. The number of aryl methyl sites for hydroxylation is 1. The number of thioether (sulfide) groups is 1. The summed E-state index contributed by atoms with van der Waals surface area (Å²) in [5, 5.41) is 3.64. The van der Waals surface area contributed by atoms with Crippen molar-refractivity contribution in [3.63, 3.8) is 0 Å². The van der Waals surface area contributed by atoms with Crippen LogP contribution in [0.4, 0.5) is 0 Å². The summed E-state index contributed by atoms with van der Waals surface area (Å²) in [7, 11) is 0. The van der Waals surface area contributed by atoms with E-state index in [1.165, 1.54) is 29.9 Å². The van der Waals surface area contributed by atoms with E-state index in [-0.39, 0.29) is 0 Å². The van der Waals surface area contributed by atoms with Gasteiger partial charge in [0, 0.05) is 17.8 Å². The number of nitrogens with zero attached hydrogens (tertiary/aromatic N) is 2. The van der Waals surface area contributed by atoms with E-state index in [0.717, 1.165) is 31.6 Å². The number of aromatic nitrogens is 2. The van der Waals surface area contributed by atoms with Crippen LogP contribution < -0.4 is 5.32 Å². The summed E-state index contributed by atoms with van der Waals surface area (Å²) in [6.45, 7) is 7.59. The minimum atomic E-state index is 0.418. The molecule has 21 heavy (non-hydrogen) atoms. The van der Waals surface area contributed by atoms with Gasteiger partial charge in [0.25, 0.3) is 0 Å². The summed E-state index contributed by atoms with van der Waals surface area (Å²) in [5.41, 5.74) is 2.38. The van der Waals surface area contributed by atoms with Crippen molar-refractivity contribution in [2.45, 2.75) is 50.9 Å². The first-order valence-electron chi connectivity index (χ1n) is 8.01. The molecule has 114 valence electrons. The van der Waals surface area contributed by atoms with Crippen LogP contribution in [0.25, 0.3) is 11.0 Å². The number of nitrogens with one attached hydrogen (secondary N) is 1. The van der Waals surface area contributed by atoms with Gasteiger partial charge in [0.05, 0.1) is 17.6 Å². The standard InChI is InChI=1S/C17H25N3S/c1-3-10-20-15-8-5-4-7-14(15)19-16(20)12-18-13-17(2)9-6-11-21-17/h4-5,7-8,18H,3,6,9-13H2,1-2H3. The van der Waals surface area contributed by atoms with Gasteiger partial charge in [0.2, 0.25) is 0 Å². The third-order valence-electron chi connectivity index (χ3n) is 4.26. The zero-order valence-electron chi connectivity index (χ0n) is 13.1. The number of imidazole rings is 1. The molecule has 1 N–H and O–H groups in total. The molecule has 2 aromatic rings. The highest BCUT2D eigenvalue weighted by molar-refractivity contribution is 8.00. The van der Waals surface area contributed by atoms with E-state index in [2.05, 4.69) is 59.8 Å². The Labute approximate surface area is 131 Å². The molecular formula is C17H25N3S. The summed E-state index contributed by atoms with van der Waals surface area (Å²) in [6, 6.07) is 8.46. The lowest BCUT2D eigenvalue weighted by atomic mass is 10.1. The van der Waals surface area contributed by atoms with Crippen LogP contribution in [0, 0.1) is 0 Å². The first kappa shape index (κ1) is 14.9. The van der Waals surface area contributed by atoms with E-state index in [9.17, 15) is 0 Å². The lowest BCUT2D eigenvalue weighted by molar-refractivity contribution is 0.519. The second-order valence-corrected chi connectivity index (χ2v) is 7.86. The number of fused-ring (bicyclic) bond motifs is 1. The number of para-hydroxylation sites is 2. The van der Waals surface area contributed by atoms with Crippen molar-refractivity contribution in [1.82, 2.24) is 14.9 Å². The lowest BCUT2D eigenvalue weighted by Crippen LogP contribution is -2.33. The number of hydrogen-bond donors (Lipinski definition) is 1. The molecule has 1 aromatic carbocycles. The smallest absolute Gasteiger partial charge is 0.123 e. The maximum absolute atomic E-state index is 4.81. The fraction of sp³-hybridized carbons (Fsp3) is 0.588. The summed E-state index contributed by atoms with van der Waals surface area (Å²) in [6.07, 6.45) is 3.83. The van der Waals surface area contributed by atoms with Crippen LogP contribution in [0.2, 0.25) is 0 Å². The maximum atomic E-state index is 4.81. The Morgan fingerprint density at radius 3 is 3.00 bits per heavy atom. The number of benzene rings is 1. The maximum Gasteiger partial charge on any atom is 0.123 e. The largest absolute Gasteiger partial charge is 0.327 e. The van der Waals surface area contributed by atoms with E-state index in [1.54, 1.807) is 0 Å². The Balaban J connectivity index is 1.72. The van der Waals surface area contributed by atoms with E-state index in [1.807, 2.05) is 0 Å².